The van der Waals surface area contributed by atoms with Gasteiger partial charge in [0, 0.05) is 20.1 Å². The summed E-state index contributed by atoms with van der Waals surface area (Å²) in [6.45, 7) is 2.77. The van der Waals surface area contributed by atoms with Gasteiger partial charge in [-0.15, -0.1) is 0 Å². The lowest BCUT2D eigenvalue weighted by Crippen LogP contribution is -2.34. The van der Waals surface area contributed by atoms with E-state index < -0.39 is 5.41 Å². The zero-order valence-corrected chi connectivity index (χ0v) is 11.4. The average Bonchev–Trinajstić information content (AvgIpc) is 2.44. The van der Waals surface area contributed by atoms with Crippen LogP contribution in [0.3, 0.4) is 0 Å². The number of carbonyl (C=O) groups is 1. The van der Waals surface area contributed by atoms with Gasteiger partial charge in [-0.3, -0.25) is 4.79 Å². The van der Waals surface area contributed by atoms with Crippen molar-refractivity contribution in [2.45, 2.75) is 18.8 Å². The molecule has 1 aromatic rings. The Morgan fingerprint density at radius 3 is 2.47 bits per heavy atom. The lowest BCUT2D eigenvalue weighted by atomic mass is 9.76. The van der Waals surface area contributed by atoms with Crippen LogP contribution in [0.15, 0.2) is 30.3 Å². The Kier molecular flexibility index (Phi) is 6.20. The van der Waals surface area contributed by atoms with Crippen molar-refractivity contribution in [1.29, 1.82) is 5.26 Å². The van der Waals surface area contributed by atoms with Crippen LogP contribution in [0.2, 0.25) is 0 Å². The molecule has 0 aliphatic heterocycles. The summed E-state index contributed by atoms with van der Waals surface area (Å²) in [4.78, 5) is 11.9. The van der Waals surface area contributed by atoms with Gasteiger partial charge in [0.1, 0.15) is 5.41 Å². The van der Waals surface area contributed by atoms with Crippen LogP contribution in [-0.2, 0) is 19.7 Å². The Bertz CT molecular complexity index is 438. The second kappa shape index (κ2) is 7.67. The maximum absolute atomic E-state index is 11.9. The molecule has 1 aromatic carbocycles. The highest BCUT2D eigenvalue weighted by Crippen LogP contribution is 2.28. The predicted molar refractivity (Wildman–Crippen MR) is 71.7 cm³/mol. The van der Waals surface area contributed by atoms with Gasteiger partial charge in [-0.2, -0.15) is 5.26 Å². The molecule has 1 unspecified atom stereocenters. The summed E-state index contributed by atoms with van der Waals surface area (Å²) < 4.78 is 10.3. The first-order valence-corrected chi connectivity index (χ1v) is 6.22. The Labute approximate surface area is 113 Å². The molecule has 0 radical (unpaired) electrons. The van der Waals surface area contributed by atoms with Gasteiger partial charge in [0.15, 0.2) is 5.78 Å². The maximum Gasteiger partial charge on any atom is 0.154 e. The third-order valence-electron chi connectivity index (χ3n) is 3.11. The second-order valence-corrected chi connectivity index (χ2v) is 4.29. The van der Waals surface area contributed by atoms with Gasteiger partial charge in [0.05, 0.1) is 19.3 Å². The highest BCUT2D eigenvalue weighted by molar-refractivity contribution is 5.91. The van der Waals surface area contributed by atoms with Gasteiger partial charge in [0.2, 0.25) is 0 Å². The van der Waals surface area contributed by atoms with E-state index in [1.165, 1.54) is 6.92 Å². The van der Waals surface area contributed by atoms with Crippen molar-refractivity contribution in [3.63, 3.8) is 0 Å². The van der Waals surface area contributed by atoms with Gasteiger partial charge in [-0.25, -0.2) is 0 Å². The van der Waals surface area contributed by atoms with E-state index in [0.717, 1.165) is 5.56 Å². The largest absolute Gasteiger partial charge is 0.382 e. The van der Waals surface area contributed by atoms with Crippen LogP contribution in [0.1, 0.15) is 18.9 Å². The summed E-state index contributed by atoms with van der Waals surface area (Å²) in [6.07, 6.45) is 0.354. The van der Waals surface area contributed by atoms with Gasteiger partial charge in [-0.05, 0) is 12.5 Å². The number of nitrogens with zero attached hydrogens (tertiary/aromatic N) is 1. The van der Waals surface area contributed by atoms with E-state index in [1.54, 1.807) is 19.2 Å². The molecule has 1 atom stereocenters. The minimum Gasteiger partial charge on any atom is -0.382 e. The van der Waals surface area contributed by atoms with Crippen molar-refractivity contribution in [3.05, 3.63) is 35.9 Å². The molecule has 0 aliphatic rings. The normalized spacial score (nSPS) is 13.5. The number of hydrogen-bond donors (Lipinski definition) is 0. The van der Waals surface area contributed by atoms with Crippen molar-refractivity contribution in [2.24, 2.45) is 0 Å². The van der Waals surface area contributed by atoms with Gasteiger partial charge >= 0.3 is 0 Å². The zero-order valence-electron chi connectivity index (χ0n) is 11.4. The van der Waals surface area contributed by atoms with Crippen LogP contribution in [0.4, 0.5) is 0 Å². The van der Waals surface area contributed by atoms with Gasteiger partial charge in [0.25, 0.3) is 0 Å². The minimum atomic E-state index is -1.12. The molecule has 0 fully saturated rings. The Hall–Kier alpha value is -1.70. The second-order valence-electron chi connectivity index (χ2n) is 4.29. The summed E-state index contributed by atoms with van der Waals surface area (Å²) in [5.74, 6) is -0.156. The first kappa shape index (κ1) is 15.4. The SMILES string of the molecule is COCCOCCC(C#N)(C(C)=O)c1ccccc1. The molecular weight excluding hydrogens is 242 g/mol. The Morgan fingerprint density at radius 1 is 1.26 bits per heavy atom. The third kappa shape index (κ3) is 3.88. The fourth-order valence-electron chi connectivity index (χ4n) is 1.92. The molecule has 4 heteroatoms. The van der Waals surface area contributed by atoms with Crippen molar-refractivity contribution >= 4 is 5.78 Å². The van der Waals surface area contributed by atoms with Gasteiger partial charge < -0.3 is 9.47 Å². The molecule has 19 heavy (non-hydrogen) atoms. The fraction of sp³-hybridized carbons (Fsp3) is 0.467. The molecule has 102 valence electrons. The zero-order chi connectivity index (χ0) is 14.1. The minimum absolute atomic E-state index is 0.156. The summed E-state index contributed by atoms with van der Waals surface area (Å²) in [5, 5.41) is 9.45. The molecule has 0 saturated carbocycles. The summed E-state index contributed by atoms with van der Waals surface area (Å²) in [6, 6.07) is 11.3. The van der Waals surface area contributed by atoms with Crippen LogP contribution in [0.25, 0.3) is 0 Å². The molecule has 0 spiro atoms. The molecule has 0 heterocycles. The smallest absolute Gasteiger partial charge is 0.154 e. The molecule has 0 saturated heterocycles. The fourth-order valence-corrected chi connectivity index (χ4v) is 1.92. The molecular formula is C15H19NO3. The summed E-state index contributed by atoms with van der Waals surface area (Å²) in [5.41, 5.74) is -0.394. The van der Waals surface area contributed by atoms with E-state index in [-0.39, 0.29) is 5.78 Å². The van der Waals surface area contributed by atoms with E-state index in [1.807, 2.05) is 18.2 Å². The summed E-state index contributed by atoms with van der Waals surface area (Å²) in [7, 11) is 1.60. The Balaban J connectivity index is 2.78. The van der Waals surface area contributed by atoms with E-state index in [2.05, 4.69) is 6.07 Å². The lowest BCUT2D eigenvalue weighted by Gasteiger charge is -2.24. The number of ketones is 1. The Morgan fingerprint density at radius 2 is 1.95 bits per heavy atom. The van der Waals surface area contributed by atoms with Crippen LogP contribution >= 0.6 is 0 Å². The van der Waals surface area contributed by atoms with Crippen LogP contribution in [-0.4, -0.2) is 32.7 Å². The molecule has 0 amide bonds. The molecule has 0 N–H and O–H groups in total. The maximum atomic E-state index is 11.9. The number of hydrogen-bond acceptors (Lipinski definition) is 4. The number of rotatable bonds is 8. The lowest BCUT2D eigenvalue weighted by molar-refractivity contribution is -0.121. The predicted octanol–water partition coefficient (Wildman–Crippen LogP) is 2.09. The number of carbonyl (C=O) groups excluding carboxylic acids is 1. The first-order valence-electron chi connectivity index (χ1n) is 6.22. The summed E-state index contributed by atoms with van der Waals surface area (Å²) >= 11 is 0. The quantitative estimate of drug-likeness (QED) is 0.672. The molecule has 0 aromatic heterocycles. The molecule has 4 nitrogen and oxygen atoms in total. The van der Waals surface area contributed by atoms with E-state index in [0.29, 0.717) is 26.2 Å². The number of Topliss-reactive ketones (excluding diaryl/α,β-unsaturated/α-hetero) is 1. The van der Waals surface area contributed by atoms with Gasteiger partial charge in [-0.1, -0.05) is 30.3 Å². The standard InChI is InChI=1S/C15H19NO3/c1-13(17)15(12-16,8-9-19-11-10-18-2)14-6-4-3-5-7-14/h3-7H,8-11H2,1-2H3. The van der Waals surface area contributed by atoms with E-state index in [4.69, 9.17) is 9.47 Å². The number of benzene rings is 1. The first-order chi connectivity index (χ1) is 9.17. The molecule has 0 bridgehead atoms. The topological polar surface area (TPSA) is 59.3 Å². The van der Waals surface area contributed by atoms with Crippen LogP contribution in [0, 0.1) is 11.3 Å². The highest BCUT2D eigenvalue weighted by Gasteiger charge is 2.37. The van der Waals surface area contributed by atoms with Crippen LogP contribution in [0.5, 0.6) is 0 Å². The monoisotopic (exact) mass is 261 g/mol. The number of methoxy groups -OCH3 is 1. The van der Waals surface area contributed by atoms with E-state index >= 15 is 0 Å². The highest BCUT2D eigenvalue weighted by atomic mass is 16.5. The third-order valence-corrected chi connectivity index (χ3v) is 3.11. The van der Waals surface area contributed by atoms with E-state index in [9.17, 15) is 10.1 Å². The van der Waals surface area contributed by atoms with Crippen molar-refractivity contribution < 1.29 is 14.3 Å². The number of nitriles is 1. The average molecular weight is 261 g/mol. The van der Waals surface area contributed by atoms with Crippen molar-refractivity contribution in [1.82, 2.24) is 0 Å². The molecule has 0 aliphatic carbocycles. The van der Waals surface area contributed by atoms with Crippen molar-refractivity contribution in [3.8, 4) is 6.07 Å². The number of ether oxygens (including phenoxy) is 2. The van der Waals surface area contributed by atoms with Crippen LogP contribution < -0.4 is 0 Å². The molecule has 1 rings (SSSR count). The van der Waals surface area contributed by atoms with Crippen molar-refractivity contribution in [2.75, 3.05) is 26.9 Å².